The number of amides is 1. The Balaban J connectivity index is 1.67. The van der Waals surface area contributed by atoms with Crippen molar-refractivity contribution in [3.05, 3.63) is 81.7 Å². The van der Waals surface area contributed by atoms with Crippen molar-refractivity contribution >= 4 is 33.3 Å². The Morgan fingerprint density at radius 1 is 1.15 bits per heavy atom. The number of fused-ring (bicyclic) bond motifs is 1. The van der Waals surface area contributed by atoms with Crippen LogP contribution in [0.5, 0.6) is 0 Å². The van der Waals surface area contributed by atoms with Crippen LogP contribution in [-0.2, 0) is 7.05 Å². The van der Waals surface area contributed by atoms with Gasteiger partial charge in [-0.25, -0.2) is 9.37 Å². The second kappa shape index (κ2) is 6.77. The van der Waals surface area contributed by atoms with Crippen LogP contribution in [0.1, 0.15) is 10.4 Å². The summed E-state index contributed by atoms with van der Waals surface area (Å²) in [4.78, 5) is 29.6. The van der Waals surface area contributed by atoms with E-state index in [1.165, 1.54) is 40.3 Å². The number of pyridine rings is 1. The number of anilines is 1. The molecular weight excluding hydrogens is 365 g/mol. The minimum atomic E-state index is -0.573. The van der Waals surface area contributed by atoms with Crippen molar-refractivity contribution in [1.29, 1.82) is 0 Å². The van der Waals surface area contributed by atoms with E-state index >= 15 is 0 Å². The molecule has 0 aliphatic heterocycles. The summed E-state index contributed by atoms with van der Waals surface area (Å²) < 4.78 is 15.4. The summed E-state index contributed by atoms with van der Waals surface area (Å²) in [6, 6.07) is 13.8. The number of carbonyl (C=O) groups excluding carboxylic acids is 1. The van der Waals surface area contributed by atoms with Crippen molar-refractivity contribution in [1.82, 2.24) is 9.55 Å². The van der Waals surface area contributed by atoms with Crippen LogP contribution in [0.4, 0.5) is 9.52 Å². The number of nitrogens with one attached hydrogen (secondary N) is 1. The quantitative estimate of drug-likeness (QED) is 0.584. The number of carbonyl (C=O) groups is 1. The van der Waals surface area contributed by atoms with Crippen LogP contribution in [-0.4, -0.2) is 15.5 Å². The molecule has 0 atom stereocenters. The van der Waals surface area contributed by atoms with Gasteiger partial charge in [0.1, 0.15) is 11.4 Å². The van der Waals surface area contributed by atoms with E-state index in [4.69, 9.17) is 0 Å². The number of halogens is 1. The molecule has 4 aromatic rings. The lowest BCUT2D eigenvalue weighted by atomic mass is 10.1. The second-order valence-corrected chi connectivity index (χ2v) is 6.83. The number of aromatic nitrogens is 2. The van der Waals surface area contributed by atoms with E-state index in [0.29, 0.717) is 5.13 Å². The summed E-state index contributed by atoms with van der Waals surface area (Å²) >= 11 is 1.27. The molecule has 4 rings (SSSR count). The summed E-state index contributed by atoms with van der Waals surface area (Å²) in [5.41, 5.74) is 1.27. The van der Waals surface area contributed by atoms with Crippen LogP contribution < -0.4 is 10.7 Å². The van der Waals surface area contributed by atoms with Crippen LogP contribution in [0.3, 0.4) is 0 Å². The molecule has 0 aliphatic rings. The number of nitrogens with zero attached hydrogens (tertiary/aromatic N) is 2. The normalized spacial score (nSPS) is 10.9. The first-order valence-electron chi connectivity index (χ1n) is 8.15. The first-order valence-corrected chi connectivity index (χ1v) is 9.02. The van der Waals surface area contributed by atoms with Gasteiger partial charge in [-0.3, -0.25) is 14.9 Å². The molecule has 0 spiro atoms. The van der Waals surface area contributed by atoms with Gasteiger partial charge >= 0.3 is 0 Å². The largest absolute Gasteiger partial charge is 0.347 e. The Kier molecular flexibility index (Phi) is 4.29. The smallest absolute Gasteiger partial charge is 0.262 e. The highest BCUT2D eigenvalue weighted by Crippen LogP contribution is 2.25. The van der Waals surface area contributed by atoms with E-state index in [2.05, 4.69) is 10.3 Å². The van der Waals surface area contributed by atoms with Gasteiger partial charge in [-0.1, -0.05) is 36.4 Å². The number of hydrogen-bond donors (Lipinski definition) is 1. The first-order chi connectivity index (χ1) is 13.0. The van der Waals surface area contributed by atoms with E-state index in [0.717, 1.165) is 11.3 Å². The van der Waals surface area contributed by atoms with Crippen LogP contribution in [0.2, 0.25) is 0 Å². The van der Waals surface area contributed by atoms with Crippen molar-refractivity contribution in [2.45, 2.75) is 0 Å². The van der Waals surface area contributed by atoms with Gasteiger partial charge in [0.25, 0.3) is 5.91 Å². The maximum absolute atomic E-state index is 14.0. The number of benzene rings is 2. The third-order valence-corrected chi connectivity index (χ3v) is 4.95. The fraction of sp³-hybridized carbons (Fsp3) is 0.0500. The fourth-order valence-corrected chi connectivity index (χ4v) is 3.63. The SMILES string of the molecule is Cn1cc(C(=O)Nc2nc(-c3ccccc3)cs2)c(=O)c2cccc(F)c21. The van der Waals surface area contributed by atoms with E-state index in [-0.39, 0.29) is 16.5 Å². The molecule has 0 radical (unpaired) electrons. The summed E-state index contributed by atoms with van der Waals surface area (Å²) in [6.07, 6.45) is 1.34. The van der Waals surface area contributed by atoms with Gasteiger partial charge in [0.05, 0.1) is 11.2 Å². The second-order valence-electron chi connectivity index (χ2n) is 5.98. The van der Waals surface area contributed by atoms with Crippen LogP contribution >= 0.6 is 11.3 Å². The monoisotopic (exact) mass is 379 g/mol. The zero-order chi connectivity index (χ0) is 19.0. The van der Waals surface area contributed by atoms with Crippen molar-refractivity contribution in [3.63, 3.8) is 0 Å². The average molecular weight is 379 g/mol. The molecule has 0 aliphatic carbocycles. The Morgan fingerprint density at radius 3 is 2.70 bits per heavy atom. The predicted molar refractivity (Wildman–Crippen MR) is 105 cm³/mol. The zero-order valence-corrected chi connectivity index (χ0v) is 15.1. The van der Waals surface area contributed by atoms with Crippen molar-refractivity contribution in [3.8, 4) is 11.3 Å². The molecule has 134 valence electrons. The Morgan fingerprint density at radius 2 is 1.93 bits per heavy atom. The van der Waals surface area contributed by atoms with Crippen LogP contribution in [0.15, 0.2) is 64.9 Å². The maximum Gasteiger partial charge on any atom is 0.262 e. The summed E-state index contributed by atoms with van der Waals surface area (Å²) in [5.74, 6) is -1.08. The molecule has 7 heteroatoms. The van der Waals surface area contributed by atoms with Crippen molar-refractivity contribution < 1.29 is 9.18 Å². The van der Waals surface area contributed by atoms with Gasteiger partial charge in [-0.15, -0.1) is 11.3 Å². The topological polar surface area (TPSA) is 64.0 Å². The molecule has 0 saturated heterocycles. The number of hydrogen-bond acceptors (Lipinski definition) is 4. The van der Waals surface area contributed by atoms with Crippen molar-refractivity contribution in [2.75, 3.05) is 5.32 Å². The van der Waals surface area contributed by atoms with Gasteiger partial charge in [0.2, 0.25) is 5.43 Å². The summed E-state index contributed by atoms with van der Waals surface area (Å²) in [7, 11) is 1.60. The van der Waals surface area contributed by atoms with E-state index < -0.39 is 17.2 Å². The molecule has 0 unspecified atom stereocenters. The molecule has 1 N–H and O–H groups in total. The van der Waals surface area contributed by atoms with E-state index in [9.17, 15) is 14.0 Å². The number of rotatable bonds is 3. The maximum atomic E-state index is 14.0. The fourth-order valence-electron chi connectivity index (χ4n) is 2.92. The Hall–Kier alpha value is -3.32. The molecule has 0 saturated carbocycles. The summed E-state index contributed by atoms with van der Waals surface area (Å²) in [6.45, 7) is 0. The van der Waals surface area contributed by atoms with Crippen molar-refractivity contribution in [2.24, 2.45) is 7.05 Å². The number of thiazole rings is 1. The molecule has 1 amide bonds. The summed E-state index contributed by atoms with van der Waals surface area (Å²) in [5, 5.41) is 5.04. The van der Waals surface area contributed by atoms with Gasteiger partial charge in [0.15, 0.2) is 5.13 Å². The molecule has 5 nitrogen and oxygen atoms in total. The molecular formula is C20H14FN3O2S. The molecule has 27 heavy (non-hydrogen) atoms. The minimum absolute atomic E-state index is 0.0629. The Labute approximate surface area is 157 Å². The predicted octanol–water partition coefficient (Wildman–Crippen LogP) is 4.05. The van der Waals surface area contributed by atoms with E-state index in [1.807, 2.05) is 35.7 Å². The average Bonchev–Trinajstić information content (AvgIpc) is 3.13. The third kappa shape index (κ3) is 3.13. The van der Waals surface area contributed by atoms with Gasteiger partial charge in [-0.05, 0) is 12.1 Å². The highest BCUT2D eigenvalue weighted by atomic mass is 32.1. The van der Waals surface area contributed by atoms with Crippen LogP contribution in [0, 0.1) is 5.82 Å². The molecule has 0 fully saturated rings. The lowest BCUT2D eigenvalue weighted by Crippen LogP contribution is -2.23. The molecule has 0 bridgehead atoms. The van der Waals surface area contributed by atoms with Gasteiger partial charge in [0, 0.05) is 29.6 Å². The van der Waals surface area contributed by atoms with Gasteiger partial charge in [-0.2, -0.15) is 0 Å². The number of para-hydroxylation sites is 1. The highest BCUT2D eigenvalue weighted by Gasteiger charge is 2.17. The Bertz CT molecular complexity index is 1220. The third-order valence-electron chi connectivity index (χ3n) is 4.19. The number of aryl methyl sites for hydroxylation is 1. The lowest BCUT2D eigenvalue weighted by Gasteiger charge is -2.09. The highest BCUT2D eigenvalue weighted by molar-refractivity contribution is 7.14. The minimum Gasteiger partial charge on any atom is -0.347 e. The molecule has 2 aromatic heterocycles. The van der Waals surface area contributed by atoms with Crippen LogP contribution in [0.25, 0.3) is 22.2 Å². The lowest BCUT2D eigenvalue weighted by molar-refractivity contribution is 0.102. The van der Waals surface area contributed by atoms with E-state index in [1.54, 1.807) is 7.05 Å². The standard InChI is InChI=1S/C20H14FN3O2S/c1-24-10-14(18(25)13-8-5-9-15(21)17(13)24)19(26)23-20-22-16(11-27-20)12-6-3-2-4-7-12/h2-11H,1H3,(H,22,23,26). The zero-order valence-electron chi connectivity index (χ0n) is 14.3. The molecule has 2 heterocycles. The first kappa shape index (κ1) is 17.1. The van der Waals surface area contributed by atoms with Gasteiger partial charge < -0.3 is 4.57 Å². The molecule has 2 aromatic carbocycles.